The molecule has 0 aliphatic heterocycles. The molecule has 0 saturated heterocycles. The number of benzene rings is 2. The van der Waals surface area contributed by atoms with Crippen molar-refractivity contribution in [1.29, 1.82) is 0 Å². The van der Waals surface area contributed by atoms with E-state index in [1.54, 1.807) is 12.1 Å². The van der Waals surface area contributed by atoms with Gasteiger partial charge in [-0.2, -0.15) is 5.10 Å². The van der Waals surface area contributed by atoms with Crippen molar-refractivity contribution in [3.63, 3.8) is 0 Å². The minimum Gasteiger partial charge on any atom is -0.380 e. The Morgan fingerprint density at radius 1 is 1.21 bits per heavy atom. The molecule has 2 aromatic carbocycles. The van der Waals surface area contributed by atoms with Gasteiger partial charge in [-0.3, -0.25) is 14.9 Å². The summed E-state index contributed by atoms with van der Waals surface area (Å²) in [6.07, 6.45) is 2.77. The van der Waals surface area contributed by atoms with Crippen LogP contribution in [0, 0.1) is 24.0 Å². The largest absolute Gasteiger partial charge is 0.380 e. The number of amides is 1. The minimum absolute atomic E-state index is 0.128. The van der Waals surface area contributed by atoms with Crippen molar-refractivity contribution in [2.24, 2.45) is 5.10 Å². The molecule has 2 aromatic rings. The van der Waals surface area contributed by atoms with Gasteiger partial charge < -0.3 is 5.32 Å². The molecule has 0 saturated carbocycles. The number of aryl methyl sites for hydroxylation is 2. The Hall–Kier alpha value is -3.22. The number of hydrogen-bond donors (Lipinski definition) is 2. The lowest BCUT2D eigenvalue weighted by atomic mass is 9.86. The molecule has 7 heteroatoms. The van der Waals surface area contributed by atoms with Gasteiger partial charge in [0.05, 0.1) is 10.6 Å². The van der Waals surface area contributed by atoms with Crippen molar-refractivity contribution in [2.75, 3.05) is 11.9 Å². The molecule has 1 aliphatic rings. The van der Waals surface area contributed by atoms with Crippen LogP contribution in [0.4, 0.5) is 11.4 Å². The molecule has 0 heterocycles. The Bertz CT molecular complexity index is 966. The van der Waals surface area contributed by atoms with E-state index in [9.17, 15) is 14.9 Å². The summed E-state index contributed by atoms with van der Waals surface area (Å²) in [5.41, 5.74) is 8.64. The second-order valence-electron chi connectivity index (χ2n) is 6.98. The molecule has 146 valence electrons. The fourth-order valence-electron chi connectivity index (χ4n) is 3.62. The van der Waals surface area contributed by atoms with Gasteiger partial charge in [-0.1, -0.05) is 11.6 Å². The maximum absolute atomic E-state index is 12.5. The average molecular weight is 380 g/mol. The Kier molecular flexibility index (Phi) is 5.73. The molecule has 3 rings (SSSR count). The Morgan fingerprint density at radius 2 is 2.00 bits per heavy atom. The highest BCUT2D eigenvalue weighted by molar-refractivity contribution is 6.04. The fraction of sp³-hybridized carbons (Fsp3) is 0.333. The van der Waals surface area contributed by atoms with E-state index in [2.05, 4.69) is 34.9 Å². The molecule has 1 aliphatic carbocycles. The number of nitrogens with one attached hydrogen (secondary N) is 2. The van der Waals surface area contributed by atoms with Crippen LogP contribution < -0.4 is 10.7 Å². The fourth-order valence-corrected chi connectivity index (χ4v) is 3.62. The first kappa shape index (κ1) is 19.5. The molecule has 0 unspecified atom stereocenters. The van der Waals surface area contributed by atoms with Crippen molar-refractivity contribution in [1.82, 2.24) is 5.43 Å². The quantitative estimate of drug-likeness (QED) is 0.602. The molecule has 0 atom stereocenters. The molecule has 28 heavy (non-hydrogen) atoms. The molecule has 0 aromatic heterocycles. The first-order chi connectivity index (χ1) is 13.4. The Balaban J connectivity index is 1.85. The molecule has 0 bridgehead atoms. The molecule has 1 amide bonds. The predicted octanol–water partition coefficient (Wildman–Crippen LogP) is 4.11. The molecule has 2 N–H and O–H groups in total. The van der Waals surface area contributed by atoms with Gasteiger partial charge in [-0.25, -0.2) is 5.43 Å². The third kappa shape index (κ3) is 4.03. The number of nitro benzene ring substituents is 1. The van der Waals surface area contributed by atoms with Crippen LogP contribution >= 0.6 is 0 Å². The van der Waals surface area contributed by atoms with E-state index in [-0.39, 0.29) is 11.3 Å². The van der Waals surface area contributed by atoms with E-state index in [0.717, 1.165) is 36.1 Å². The lowest BCUT2D eigenvalue weighted by Crippen LogP contribution is -2.22. The number of carbonyl (C=O) groups is 1. The van der Waals surface area contributed by atoms with E-state index < -0.39 is 10.8 Å². The summed E-state index contributed by atoms with van der Waals surface area (Å²) in [5.74, 6) is -0.463. The zero-order valence-corrected chi connectivity index (χ0v) is 16.3. The molecule has 0 fully saturated rings. The summed E-state index contributed by atoms with van der Waals surface area (Å²) >= 11 is 0. The SMILES string of the molecule is CCNc1ccc(C(=O)N/N=C2/CCCc3c(C)cc(C)cc32)cc1[N+](=O)[O-]. The smallest absolute Gasteiger partial charge is 0.293 e. The molecule has 0 spiro atoms. The number of carbonyl (C=O) groups excluding carboxylic acids is 1. The Morgan fingerprint density at radius 3 is 2.71 bits per heavy atom. The average Bonchev–Trinajstić information content (AvgIpc) is 2.66. The molecular formula is C21H24N4O3. The topological polar surface area (TPSA) is 96.6 Å². The van der Waals surface area contributed by atoms with Crippen LogP contribution in [-0.2, 0) is 6.42 Å². The number of fused-ring (bicyclic) bond motifs is 1. The minimum atomic E-state index is -0.496. The van der Waals surface area contributed by atoms with Crippen LogP contribution in [0.25, 0.3) is 0 Å². The summed E-state index contributed by atoms with van der Waals surface area (Å²) in [5, 5.41) is 18.6. The van der Waals surface area contributed by atoms with E-state index in [0.29, 0.717) is 12.2 Å². The van der Waals surface area contributed by atoms with Crippen molar-refractivity contribution < 1.29 is 9.72 Å². The van der Waals surface area contributed by atoms with E-state index in [1.165, 1.54) is 17.2 Å². The van der Waals surface area contributed by atoms with Crippen LogP contribution in [0.2, 0.25) is 0 Å². The van der Waals surface area contributed by atoms with Crippen molar-refractivity contribution >= 4 is 23.0 Å². The highest BCUT2D eigenvalue weighted by atomic mass is 16.6. The van der Waals surface area contributed by atoms with Gasteiger partial charge in [0.15, 0.2) is 0 Å². The summed E-state index contributed by atoms with van der Waals surface area (Å²) < 4.78 is 0. The molecule has 0 radical (unpaired) electrons. The lowest BCUT2D eigenvalue weighted by molar-refractivity contribution is -0.384. The monoisotopic (exact) mass is 380 g/mol. The van der Waals surface area contributed by atoms with Crippen molar-refractivity contribution in [3.8, 4) is 0 Å². The van der Waals surface area contributed by atoms with Gasteiger partial charge in [0.25, 0.3) is 11.6 Å². The van der Waals surface area contributed by atoms with Gasteiger partial charge in [-0.15, -0.1) is 0 Å². The zero-order chi connectivity index (χ0) is 20.3. The maximum Gasteiger partial charge on any atom is 0.293 e. The number of rotatable bonds is 5. The Labute approximate surface area is 164 Å². The molecule has 7 nitrogen and oxygen atoms in total. The van der Waals surface area contributed by atoms with Crippen LogP contribution in [-0.4, -0.2) is 23.1 Å². The third-order valence-corrected chi connectivity index (χ3v) is 4.88. The van der Waals surface area contributed by atoms with Crippen LogP contribution in [0.5, 0.6) is 0 Å². The number of hydrazone groups is 1. The van der Waals surface area contributed by atoms with Gasteiger partial charge in [-0.05, 0) is 69.4 Å². The summed E-state index contributed by atoms with van der Waals surface area (Å²) in [7, 11) is 0. The number of hydrogen-bond acceptors (Lipinski definition) is 5. The number of nitrogens with zero attached hydrogens (tertiary/aromatic N) is 2. The van der Waals surface area contributed by atoms with Crippen molar-refractivity contribution in [2.45, 2.75) is 40.0 Å². The van der Waals surface area contributed by atoms with Gasteiger partial charge in [0.1, 0.15) is 5.69 Å². The zero-order valence-electron chi connectivity index (χ0n) is 16.3. The highest BCUT2D eigenvalue weighted by Gasteiger charge is 2.20. The highest BCUT2D eigenvalue weighted by Crippen LogP contribution is 2.27. The summed E-state index contributed by atoms with van der Waals surface area (Å²) in [4.78, 5) is 23.3. The van der Waals surface area contributed by atoms with Crippen LogP contribution in [0.15, 0.2) is 35.4 Å². The van der Waals surface area contributed by atoms with Gasteiger partial charge in [0, 0.05) is 23.7 Å². The lowest BCUT2D eigenvalue weighted by Gasteiger charge is -2.20. The summed E-state index contributed by atoms with van der Waals surface area (Å²) in [6.45, 7) is 6.55. The first-order valence-electron chi connectivity index (χ1n) is 9.40. The van der Waals surface area contributed by atoms with Crippen LogP contribution in [0.3, 0.4) is 0 Å². The third-order valence-electron chi connectivity index (χ3n) is 4.88. The second kappa shape index (κ2) is 8.21. The standard InChI is InChI=1S/C21H24N4O3/c1-4-22-19-9-8-15(12-20(19)25(27)28)21(26)24-23-18-7-5-6-16-14(3)10-13(2)11-17(16)18/h8-12,22H,4-7H2,1-3H3,(H,24,26)/b23-18-. The number of anilines is 1. The first-order valence-corrected chi connectivity index (χ1v) is 9.40. The van der Waals surface area contributed by atoms with Crippen molar-refractivity contribution in [3.05, 3.63) is 68.3 Å². The summed E-state index contributed by atoms with van der Waals surface area (Å²) in [6, 6.07) is 8.64. The maximum atomic E-state index is 12.5. The number of nitro groups is 1. The van der Waals surface area contributed by atoms with Gasteiger partial charge in [0.2, 0.25) is 0 Å². The van der Waals surface area contributed by atoms with E-state index >= 15 is 0 Å². The van der Waals surface area contributed by atoms with Gasteiger partial charge >= 0.3 is 0 Å². The second-order valence-corrected chi connectivity index (χ2v) is 6.98. The predicted molar refractivity (Wildman–Crippen MR) is 110 cm³/mol. The van der Waals surface area contributed by atoms with E-state index in [1.807, 2.05) is 13.8 Å². The van der Waals surface area contributed by atoms with Crippen LogP contribution in [0.1, 0.15) is 52.4 Å². The molecular weight excluding hydrogens is 356 g/mol. The van der Waals surface area contributed by atoms with E-state index in [4.69, 9.17) is 0 Å². The normalized spacial score (nSPS) is 14.5.